The maximum Gasteiger partial charge on any atom is 0.131 e. The van der Waals surface area contributed by atoms with E-state index in [4.69, 9.17) is 6.42 Å². The van der Waals surface area contributed by atoms with Gasteiger partial charge in [-0.1, -0.05) is 33.6 Å². The van der Waals surface area contributed by atoms with Gasteiger partial charge in [-0.3, -0.25) is 9.97 Å². The summed E-state index contributed by atoms with van der Waals surface area (Å²) in [4.78, 5) is 15.9. The molecule has 4 heteroatoms. The molecule has 0 saturated heterocycles. The van der Waals surface area contributed by atoms with Gasteiger partial charge < -0.3 is 0 Å². The van der Waals surface area contributed by atoms with Crippen LogP contribution in [0.5, 0.6) is 0 Å². The number of hydrogen-bond acceptors (Lipinski definition) is 4. The number of aryl methyl sites for hydroxylation is 2. The Morgan fingerprint density at radius 1 is 0.739 bits per heavy atom. The molecule has 0 aliphatic carbocycles. The van der Waals surface area contributed by atoms with Crippen LogP contribution in [0.3, 0.4) is 0 Å². The molecular formula is C19H26N4. The molecule has 122 valence electrons. The molecule has 2 heterocycles. The highest BCUT2D eigenvalue weighted by molar-refractivity contribution is 5.23. The molecule has 0 amide bonds. The molecule has 0 saturated carbocycles. The third-order valence-electron chi connectivity index (χ3n) is 1.96. The molecule has 0 radical (unpaired) electrons. The van der Waals surface area contributed by atoms with Crippen molar-refractivity contribution in [3.8, 4) is 24.2 Å². The van der Waals surface area contributed by atoms with Gasteiger partial charge in [-0.25, -0.2) is 9.97 Å². The molecule has 23 heavy (non-hydrogen) atoms. The second-order valence-corrected chi connectivity index (χ2v) is 3.61. The van der Waals surface area contributed by atoms with Crippen LogP contribution in [0.4, 0.5) is 0 Å². The number of hydrogen-bond donors (Lipinski definition) is 0. The van der Waals surface area contributed by atoms with E-state index in [0.717, 1.165) is 17.1 Å². The molecule has 0 N–H and O–H groups in total. The Bertz CT molecular complexity index is 612. The summed E-state index contributed by atoms with van der Waals surface area (Å²) in [6.07, 6.45) is 11.7. The quantitative estimate of drug-likeness (QED) is 0.691. The van der Waals surface area contributed by atoms with Gasteiger partial charge in [-0.05, 0) is 32.6 Å². The smallest absolute Gasteiger partial charge is 0.131 e. The molecule has 2 rings (SSSR count). The van der Waals surface area contributed by atoms with Gasteiger partial charge in [0.2, 0.25) is 0 Å². The molecule has 0 atom stereocenters. The first-order chi connectivity index (χ1) is 11.2. The average Bonchev–Trinajstić information content (AvgIpc) is 2.62. The lowest BCUT2D eigenvalue weighted by Crippen LogP contribution is -1.86. The average molecular weight is 310 g/mol. The molecule has 2 aromatic heterocycles. The van der Waals surface area contributed by atoms with Crippen LogP contribution in [0.1, 0.15) is 57.4 Å². The summed E-state index contributed by atoms with van der Waals surface area (Å²) in [7, 11) is 0. The highest BCUT2D eigenvalue weighted by Crippen LogP contribution is 1.90. The van der Waals surface area contributed by atoms with Crippen LogP contribution >= 0.6 is 0 Å². The third kappa shape index (κ3) is 11.6. The molecule has 0 bridgehead atoms. The molecule has 0 fully saturated rings. The van der Waals surface area contributed by atoms with Gasteiger partial charge in [0.15, 0.2) is 0 Å². The monoisotopic (exact) mass is 310 g/mol. The fourth-order valence-corrected chi connectivity index (χ4v) is 1.05. The van der Waals surface area contributed by atoms with E-state index in [-0.39, 0.29) is 0 Å². The van der Waals surface area contributed by atoms with Crippen molar-refractivity contribution >= 4 is 0 Å². The Kier molecular flexibility index (Phi) is 15.4. The van der Waals surface area contributed by atoms with Gasteiger partial charge in [-0.2, -0.15) is 0 Å². The summed E-state index contributed by atoms with van der Waals surface area (Å²) in [5.41, 5.74) is 3.12. The first-order valence-electron chi connectivity index (χ1n) is 7.62. The summed E-state index contributed by atoms with van der Waals surface area (Å²) in [5, 5.41) is 0. The molecule has 0 aliphatic heterocycles. The lowest BCUT2D eigenvalue weighted by Gasteiger charge is -1.88. The first-order valence-corrected chi connectivity index (χ1v) is 7.62. The summed E-state index contributed by atoms with van der Waals surface area (Å²) in [6.45, 7) is 13.5. The van der Waals surface area contributed by atoms with Crippen LogP contribution in [-0.4, -0.2) is 19.9 Å². The SMILES string of the molecule is C#Cc1cnc(C)cn1.CC.CC.CC#Cc1cnc(C)cn1. The fraction of sp³-hybridized carbons (Fsp3) is 0.368. The van der Waals surface area contributed by atoms with Crippen molar-refractivity contribution < 1.29 is 0 Å². The molecule has 4 nitrogen and oxygen atoms in total. The van der Waals surface area contributed by atoms with E-state index >= 15 is 0 Å². The second kappa shape index (κ2) is 15.7. The predicted octanol–water partition coefficient (Wildman–Crippen LogP) is 3.98. The standard InChI is InChI=1S/C8H8N2.C7H6N2.2C2H6/c1-3-4-8-6-9-7(2)5-10-8;1-3-7-5-8-6(2)4-9-7;2*1-2/h5-6H,1-2H3;1,4-5H,2H3;2*1-2H3. The maximum absolute atomic E-state index is 5.05. The van der Waals surface area contributed by atoms with Gasteiger partial charge in [0.1, 0.15) is 11.4 Å². The van der Waals surface area contributed by atoms with E-state index in [2.05, 4.69) is 37.7 Å². The minimum atomic E-state index is 0.584. The molecular weight excluding hydrogens is 284 g/mol. The number of nitrogens with zero attached hydrogens (tertiary/aromatic N) is 4. The molecule has 0 spiro atoms. The van der Waals surface area contributed by atoms with Crippen molar-refractivity contribution in [3.05, 3.63) is 47.6 Å². The van der Waals surface area contributed by atoms with Crippen LogP contribution in [0.2, 0.25) is 0 Å². The summed E-state index contributed by atoms with van der Waals surface area (Å²) in [5.74, 6) is 7.94. The van der Waals surface area contributed by atoms with Gasteiger partial charge in [0.05, 0.1) is 23.8 Å². The van der Waals surface area contributed by atoms with Crippen molar-refractivity contribution in [2.75, 3.05) is 0 Å². The molecule has 2 aromatic rings. The van der Waals surface area contributed by atoms with E-state index in [9.17, 15) is 0 Å². The number of aromatic nitrogens is 4. The van der Waals surface area contributed by atoms with Crippen LogP contribution in [-0.2, 0) is 0 Å². The van der Waals surface area contributed by atoms with Gasteiger partial charge in [-0.15, -0.1) is 6.42 Å². The van der Waals surface area contributed by atoms with Crippen molar-refractivity contribution in [3.63, 3.8) is 0 Å². The zero-order valence-corrected chi connectivity index (χ0v) is 15.2. The Labute approximate surface area is 140 Å². The topological polar surface area (TPSA) is 51.6 Å². The van der Waals surface area contributed by atoms with Gasteiger partial charge in [0.25, 0.3) is 0 Å². The molecule has 0 aromatic carbocycles. The van der Waals surface area contributed by atoms with Crippen molar-refractivity contribution in [1.82, 2.24) is 19.9 Å². The Morgan fingerprint density at radius 2 is 1.17 bits per heavy atom. The van der Waals surface area contributed by atoms with Gasteiger partial charge >= 0.3 is 0 Å². The second-order valence-electron chi connectivity index (χ2n) is 3.61. The third-order valence-corrected chi connectivity index (χ3v) is 1.96. The lowest BCUT2D eigenvalue weighted by molar-refractivity contribution is 1.10. The van der Waals surface area contributed by atoms with E-state index in [1.807, 2.05) is 41.5 Å². The van der Waals surface area contributed by atoms with Crippen molar-refractivity contribution in [2.45, 2.75) is 48.5 Å². The Morgan fingerprint density at radius 3 is 1.48 bits per heavy atom. The molecule has 0 unspecified atom stereocenters. The van der Waals surface area contributed by atoms with Crippen LogP contribution in [0.15, 0.2) is 24.8 Å². The van der Waals surface area contributed by atoms with Crippen LogP contribution in [0.25, 0.3) is 0 Å². The fourth-order valence-electron chi connectivity index (χ4n) is 1.05. The molecule has 0 aliphatic rings. The highest BCUT2D eigenvalue weighted by Gasteiger charge is 1.86. The number of rotatable bonds is 0. The minimum absolute atomic E-state index is 0.584. The normalized spacial score (nSPS) is 7.39. The Balaban J connectivity index is 0. The minimum Gasteiger partial charge on any atom is -0.257 e. The van der Waals surface area contributed by atoms with E-state index < -0.39 is 0 Å². The van der Waals surface area contributed by atoms with E-state index in [1.54, 1.807) is 31.7 Å². The largest absolute Gasteiger partial charge is 0.257 e. The maximum atomic E-state index is 5.05. The number of terminal acetylenes is 1. The predicted molar refractivity (Wildman–Crippen MR) is 96.7 cm³/mol. The zero-order valence-electron chi connectivity index (χ0n) is 15.2. The van der Waals surface area contributed by atoms with Crippen molar-refractivity contribution in [2.24, 2.45) is 0 Å². The summed E-state index contributed by atoms with van der Waals surface area (Å²) < 4.78 is 0. The lowest BCUT2D eigenvalue weighted by atomic mass is 10.4. The Hall–Kier alpha value is -2.72. The van der Waals surface area contributed by atoms with Crippen LogP contribution in [0, 0.1) is 38.0 Å². The summed E-state index contributed by atoms with van der Waals surface area (Å²) >= 11 is 0. The van der Waals surface area contributed by atoms with E-state index in [0.29, 0.717) is 5.69 Å². The van der Waals surface area contributed by atoms with E-state index in [1.165, 1.54) is 0 Å². The highest BCUT2D eigenvalue weighted by atomic mass is 14.8. The zero-order chi connectivity index (χ0) is 18.1. The van der Waals surface area contributed by atoms with Crippen molar-refractivity contribution in [1.29, 1.82) is 0 Å². The first kappa shape index (κ1) is 22.6. The van der Waals surface area contributed by atoms with Gasteiger partial charge in [0, 0.05) is 12.4 Å². The summed E-state index contributed by atoms with van der Waals surface area (Å²) in [6, 6.07) is 0. The van der Waals surface area contributed by atoms with Crippen LogP contribution < -0.4 is 0 Å².